The maximum Gasteiger partial charge on any atom is 0.127 e. The van der Waals surface area contributed by atoms with E-state index in [0.29, 0.717) is 5.02 Å². The monoisotopic (exact) mass is 312 g/mol. The number of nitrogens with one attached hydrogen (secondary N) is 1. The molecule has 0 aromatic carbocycles. The lowest BCUT2D eigenvalue weighted by Gasteiger charge is -2.11. The molecule has 1 heterocycles. The fourth-order valence-electron chi connectivity index (χ4n) is 0.791. The van der Waals surface area contributed by atoms with E-state index >= 15 is 0 Å². The summed E-state index contributed by atoms with van der Waals surface area (Å²) in [6.45, 7) is 1.96. The predicted octanol–water partition coefficient (Wildman–Crippen LogP) is 2.13. The van der Waals surface area contributed by atoms with Crippen molar-refractivity contribution in [1.82, 2.24) is 4.98 Å². The van der Waals surface area contributed by atoms with Crippen LogP contribution >= 0.6 is 34.2 Å². The smallest absolute Gasteiger partial charge is 0.127 e. The standard InChI is InChI=1S/C8H10ClIN2O/c1-5(4-13)12-8-2-7(10)6(9)3-11-8/h2-3,5,13H,4H2,1H3,(H,11,12)/t5-/m1/s1. The number of halogens is 2. The Labute approximate surface area is 95.7 Å². The molecular formula is C8H10ClIN2O. The van der Waals surface area contributed by atoms with Gasteiger partial charge in [-0.15, -0.1) is 0 Å². The highest BCUT2D eigenvalue weighted by molar-refractivity contribution is 14.1. The summed E-state index contributed by atoms with van der Waals surface area (Å²) in [4.78, 5) is 4.07. The van der Waals surface area contributed by atoms with Gasteiger partial charge in [-0.3, -0.25) is 0 Å². The molecule has 1 atom stereocenters. The van der Waals surface area contributed by atoms with Crippen LogP contribution in [0.25, 0.3) is 0 Å². The van der Waals surface area contributed by atoms with Gasteiger partial charge in [-0.2, -0.15) is 0 Å². The van der Waals surface area contributed by atoms with E-state index in [1.54, 1.807) is 6.20 Å². The molecule has 13 heavy (non-hydrogen) atoms. The molecule has 0 amide bonds. The molecule has 1 aromatic heterocycles. The van der Waals surface area contributed by atoms with E-state index in [1.807, 2.05) is 13.0 Å². The highest BCUT2D eigenvalue weighted by Crippen LogP contribution is 2.19. The van der Waals surface area contributed by atoms with Gasteiger partial charge in [-0.1, -0.05) is 11.6 Å². The molecule has 1 aromatic rings. The molecule has 3 nitrogen and oxygen atoms in total. The average Bonchev–Trinajstić information content (AvgIpc) is 2.11. The Morgan fingerprint density at radius 3 is 3.00 bits per heavy atom. The van der Waals surface area contributed by atoms with Crippen LogP contribution < -0.4 is 5.32 Å². The number of hydrogen-bond donors (Lipinski definition) is 2. The third kappa shape index (κ3) is 3.28. The van der Waals surface area contributed by atoms with Crippen LogP contribution in [-0.4, -0.2) is 22.7 Å². The molecule has 0 fully saturated rings. The fourth-order valence-corrected chi connectivity index (χ4v) is 1.33. The molecule has 5 heteroatoms. The normalized spacial score (nSPS) is 12.6. The second-order valence-electron chi connectivity index (χ2n) is 2.71. The number of aromatic nitrogens is 1. The van der Waals surface area contributed by atoms with E-state index in [1.165, 1.54) is 0 Å². The Morgan fingerprint density at radius 2 is 2.46 bits per heavy atom. The highest BCUT2D eigenvalue weighted by Gasteiger charge is 2.03. The lowest BCUT2D eigenvalue weighted by Crippen LogP contribution is -2.19. The van der Waals surface area contributed by atoms with Gasteiger partial charge in [0.15, 0.2) is 0 Å². The van der Waals surface area contributed by atoms with Crippen molar-refractivity contribution in [2.45, 2.75) is 13.0 Å². The van der Waals surface area contributed by atoms with Crippen molar-refractivity contribution in [3.05, 3.63) is 20.9 Å². The van der Waals surface area contributed by atoms with Crippen LogP contribution in [0.4, 0.5) is 5.82 Å². The topological polar surface area (TPSA) is 45.1 Å². The van der Waals surface area contributed by atoms with Crippen LogP contribution in [0.2, 0.25) is 5.02 Å². The molecule has 72 valence electrons. The first-order chi connectivity index (χ1) is 6.13. The lowest BCUT2D eigenvalue weighted by molar-refractivity contribution is 0.281. The third-order valence-corrected chi connectivity index (χ3v) is 2.99. The molecule has 0 aliphatic rings. The van der Waals surface area contributed by atoms with E-state index in [2.05, 4.69) is 32.9 Å². The second kappa shape index (κ2) is 4.97. The fraction of sp³-hybridized carbons (Fsp3) is 0.375. The van der Waals surface area contributed by atoms with Gasteiger partial charge in [0.25, 0.3) is 0 Å². The SMILES string of the molecule is C[C@H](CO)Nc1cc(I)c(Cl)cn1. The number of hydrogen-bond acceptors (Lipinski definition) is 3. The minimum Gasteiger partial charge on any atom is -0.394 e. The maximum atomic E-state index is 8.80. The Balaban J connectivity index is 2.73. The van der Waals surface area contributed by atoms with Gasteiger partial charge in [-0.05, 0) is 35.6 Å². The molecule has 0 aliphatic heterocycles. The summed E-state index contributed by atoms with van der Waals surface area (Å²) in [6.07, 6.45) is 1.59. The van der Waals surface area contributed by atoms with Crippen molar-refractivity contribution in [2.24, 2.45) is 0 Å². The van der Waals surface area contributed by atoms with Gasteiger partial charge < -0.3 is 10.4 Å². The largest absolute Gasteiger partial charge is 0.394 e. The minimum atomic E-state index is 0.00414. The lowest BCUT2D eigenvalue weighted by atomic mass is 10.3. The molecule has 0 spiro atoms. The third-order valence-electron chi connectivity index (χ3n) is 1.48. The van der Waals surface area contributed by atoms with E-state index < -0.39 is 0 Å². The first-order valence-corrected chi connectivity index (χ1v) is 5.27. The number of nitrogens with zero attached hydrogens (tertiary/aromatic N) is 1. The van der Waals surface area contributed by atoms with Gasteiger partial charge in [0.2, 0.25) is 0 Å². The van der Waals surface area contributed by atoms with Crippen LogP contribution in [-0.2, 0) is 0 Å². The molecule has 0 bridgehead atoms. The Hall–Kier alpha value is -0.0700. The molecule has 2 N–H and O–H groups in total. The number of pyridine rings is 1. The summed E-state index contributed by atoms with van der Waals surface area (Å²) in [5, 5.41) is 12.5. The van der Waals surface area contributed by atoms with E-state index in [9.17, 15) is 0 Å². The molecule has 0 aliphatic carbocycles. The molecule has 0 unspecified atom stereocenters. The average molecular weight is 313 g/mol. The zero-order valence-corrected chi connectivity index (χ0v) is 10.0. The number of rotatable bonds is 3. The van der Waals surface area contributed by atoms with Gasteiger partial charge in [0, 0.05) is 15.8 Å². The first-order valence-electron chi connectivity index (χ1n) is 3.82. The van der Waals surface area contributed by atoms with Gasteiger partial charge in [-0.25, -0.2) is 4.98 Å². The van der Waals surface area contributed by atoms with Crippen molar-refractivity contribution in [2.75, 3.05) is 11.9 Å². The Morgan fingerprint density at radius 1 is 1.77 bits per heavy atom. The van der Waals surface area contributed by atoms with E-state index in [0.717, 1.165) is 9.39 Å². The number of aliphatic hydroxyl groups is 1. The number of anilines is 1. The van der Waals surface area contributed by atoms with Gasteiger partial charge in [0.1, 0.15) is 5.82 Å². The number of aliphatic hydroxyl groups excluding tert-OH is 1. The quantitative estimate of drug-likeness (QED) is 0.841. The van der Waals surface area contributed by atoms with Crippen LogP contribution in [0.15, 0.2) is 12.3 Å². The van der Waals surface area contributed by atoms with E-state index in [-0.39, 0.29) is 12.6 Å². The summed E-state index contributed by atoms with van der Waals surface area (Å²) >= 11 is 7.94. The molecule has 0 saturated heterocycles. The molecule has 1 rings (SSSR count). The van der Waals surface area contributed by atoms with Crippen LogP contribution in [0.5, 0.6) is 0 Å². The second-order valence-corrected chi connectivity index (χ2v) is 4.28. The molecular weight excluding hydrogens is 302 g/mol. The van der Waals surface area contributed by atoms with Crippen LogP contribution in [0, 0.1) is 3.57 Å². The zero-order valence-electron chi connectivity index (χ0n) is 7.09. The zero-order chi connectivity index (χ0) is 9.84. The summed E-state index contributed by atoms with van der Waals surface area (Å²) in [5.41, 5.74) is 0. The van der Waals surface area contributed by atoms with E-state index in [4.69, 9.17) is 16.7 Å². The van der Waals surface area contributed by atoms with Crippen molar-refractivity contribution in [3.8, 4) is 0 Å². The van der Waals surface area contributed by atoms with Crippen molar-refractivity contribution in [1.29, 1.82) is 0 Å². The molecule has 0 saturated carbocycles. The van der Waals surface area contributed by atoms with Crippen molar-refractivity contribution < 1.29 is 5.11 Å². The summed E-state index contributed by atoms with van der Waals surface area (Å²) in [7, 11) is 0. The first kappa shape index (κ1) is 11.0. The Kier molecular flexibility index (Phi) is 4.21. The van der Waals surface area contributed by atoms with Gasteiger partial charge >= 0.3 is 0 Å². The summed E-state index contributed by atoms with van der Waals surface area (Å²) in [5.74, 6) is 0.732. The van der Waals surface area contributed by atoms with Crippen molar-refractivity contribution >= 4 is 40.0 Å². The Bertz CT molecular complexity index is 295. The highest BCUT2D eigenvalue weighted by atomic mass is 127. The molecule has 0 radical (unpaired) electrons. The van der Waals surface area contributed by atoms with Crippen molar-refractivity contribution in [3.63, 3.8) is 0 Å². The van der Waals surface area contributed by atoms with Crippen LogP contribution in [0.1, 0.15) is 6.92 Å². The summed E-state index contributed by atoms with van der Waals surface area (Å²) in [6, 6.07) is 1.85. The maximum absolute atomic E-state index is 8.80. The summed E-state index contributed by atoms with van der Waals surface area (Å²) < 4.78 is 0.946. The predicted molar refractivity (Wildman–Crippen MR) is 62.1 cm³/mol. The minimum absolute atomic E-state index is 0.00414. The van der Waals surface area contributed by atoms with Gasteiger partial charge in [0.05, 0.1) is 11.6 Å². The van der Waals surface area contributed by atoms with Crippen LogP contribution in [0.3, 0.4) is 0 Å².